The number of aryl methyl sites for hydroxylation is 1. The van der Waals surface area contributed by atoms with Crippen LogP contribution in [0, 0.1) is 5.41 Å². The average Bonchev–Trinajstić information content (AvgIpc) is 3.20. The van der Waals surface area contributed by atoms with E-state index in [9.17, 15) is 9.59 Å². The summed E-state index contributed by atoms with van der Waals surface area (Å²) in [6.07, 6.45) is 3.09. The van der Waals surface area contributed by atoms with Gasteiger partial charge in [0, 0.05) is 31.9 Å². The molecule has 1 aromatic carbocycles. The van der Waals surface area contributed by atoms with Gasteiger partial charge in [-0.05, 0) is 45.2 Å². The number of nitrogens with zero attached hydrogens (tertiary/aromatic N) is 4. The van der Waals surface area contributed by atoms with Crippen molar-refractivity contribution in [3.8, 4) is 0 Å². The maximum Gasteiger partial charge on any atom is 0.272 e. The first-order valence-corrected chi connectivity index (χ1v) is 10.2. The van der Waals surface area contributed by atoms with E-state index in [1.807, 2.05) is 34.9 Å². The first-order chi connectivity index (χ1) is 13.5. The molecule has 3 heterocycles. The van der Waals surface area contributed by atoms with Crippen LogP contribution in [0.5, 0.6) is 0 Å². The summed E-state index contributed by atoms with van der Waals surface area (Å²) in [7, 11) is 0. The Balaban J connectivity index is 1.55. The van der Waals surface area contributed by atoms with Crippen LogP contribution in [0.4, 0.5) is 0 Å². The van der Waals surface area contributed by atoms with Gasteiger partial charge in [-0.1, -0.05) is 30.3 Å². The number of amides is 2. The maximum absolute atomic E-state index is 13.2. The lowest BCUT2D eigenvalue weighted by Crippen LogP contribution is -2.68. The molecule has 2 fully saturated rings. The van der Waals surface area contributed by atoms with E-state index < -0.39 is 0 Å². The minimum Gasteiger partial charge on any atom is -0.337 e. The molecule has 0 N–H and O–H groups in total. The van der Waals surface area contributed by atoms with Gasteiger partial charge in [0.1, 0.15) is 5.69 Å². The van der Waals surface area contributed by atoms with Gasteiger partial charge in [-0.2, -0.15) is 5.10 Å². The van der Waals surface area contributed by atoms with Gasteiger partial charge >= 0.3 is 0 Å². The number of carbonyl (C=O) groups is 2. The van der Waals surface area contributed by atoms with Crippen molar-refractivity contribution in [2.75, 3.05) is 13.1 Å². The molecule has 28 heavy (non-hydrogen) atoms. The molecule has 1 aromatic heterocycles. The summed E-state index contributed by atoms with van der Waals surface area (Å²) in [6, 6.07) is 12.4. The molecule has 2 aromatic rings. The van der Waals surface area contributed by atoms with Crippen molar-refractivity contribution in [2.45, 2.75) is 52.2 Å². The number of carbonyl (C=O) groups excluding carboxylic acids is 2. The van der Waals surface area contributed by atoms with Crippen LogP contribution in [0.25, 0.3) is 0 Å². The van der Waals surface area contributed by atoms with Crippen LogP contribution in [0.3, 0.4) is 0 Å². The van der Waals surface area contributed by atoms with Crippen molar-refractivity contribution in [3.05, 3.63) is 53.9 Å². The second-order valence-electron chi connectivity index (χ2n) is 8.10. The first-order valence-electron chi connectivity index (χ1n) is 10.2. The molecular weight excluding hydrogens is 352 g/mol. The topological polar surface area (TPSA) is 58.4 Å². The number of likely N-dealkylation sites (tertiary alicyclic amines) is 2. The summed E-state index contributed by atoms with van der Waals surface area (Å²) in [6.45, 7) is 8.01. The van der Waals surface area contributed by atoms with Gasteiger partial charge in [0.2, 0.25) is 5.91 Å². The van der Waals surface area contributed by atoms with Crippen LogP contribution in [0.2, 0.25) is 0 Å². The minimum absolute atomic E-state index is 0.0120. The summed E-state index contributed by atoms with van der Waals surface area (Å²) in [4.78, 5) is 30.0. The standard InChI is InChI=1S/C22H28N4O2/c1-4-25-18(10-13-23-25)20(27)24-14-11-22(12-15-24)19(17-8-6-5-7-9-17)26(16(2)3)21(22)28/h5-10,13,16,19H,4,11-12,14-15H2,1-3H3. The molecule has 1 atom stereocenters. The van der Waals surface area contributed by atoms with Gasteiger partial charge in [-0.3, -0.25) is 14.3 Å². The summed E-state index contributed by atoms with van der Waals surface area (Å²) in [5.74, 6) is 0.250. The SMILES string of the molecule is CCn1nccc1C(=O)N1CCC2(CC1)C(=O)N(C(C)C)C2c1ccccc1. The zero-order valence-corrected chi connectivity index (χ0v) is 16.8. The molecular formula is C22H28N4O2. The normalized spacial score (nSPS) is 21.3. The third-order valence-corrected chi connectivity index (χ3v) is 6.31. The lowest BCUT2D eigenvalue weighted by Gasteiger charge is -2.60. The number of benzene rings is 1. The maximum atomic E-state index is 13.2. The third-order valence-electron chi connectivity index (χ3n) is 6.31. The van der Waals surface area contributed by atoms with Crippen LogP contribution in [0.15, 0.2) is 42.6 Å². The quantitative estimate of drug-likeness (QED) is 0.766. The van der Waals surface area contributed by atoms with Crippen LogP contribution in [-0.4, -0.2) is 50.5 Å². The monoisotopic (exact) mass is 380 g/mol. The molecule has 2 aliphatic rings. The fourth-order valence-corrected chi connectivity index (χ4v) is 4.86. The van der Waals surface area contributed by atoms with Crippen molar-refractivity contribution in [3.63, 3.8) is 0 Å². The highest BCUT2D eigenvalue weighted by Gasteiger charge is 2.62. The van der Waals surface area contributed by atoms with Gasteiger partial charge in [-0.25, -0.2) is 0 Å². The predicted molar refractivity (Wildman–Crippen MR) is 107 cm³/mol. The smallest absolute Gasteiger partial charge is 0.272 e. The van der Waals surface area contributed by atoms with Crippen molar-refractivity contribution < 1.29 is 9.59 Å². The van der Waals surface area contributed by atoms with E-state index in [0.29, 0.717) is 38.2 Å². The molecule has 0 aliphatic carbocycles. The Hall–Kier alpha value is -2.63. The molecule has 1 unspecified atom stereocenters. The van der Waals surface area contributed by atoms with Crippen LogP contribution >= 0.6 is 0 Å². The van der Waals surface area contributed by atoms with Crippen LogP contribution in [0.1, 0.15) is 55.7 Å². The molecule has 2 amide bonds. The summed E-state index contributed by atoms with van der Waals surface area (Å²) in [5.41, 5.74) is 1.44. The van der Waals surface area contributed by atoms with Gasteiger partial charge in [0.25, 0.3) is 5.91 Å². The highest BCUT2D eigenvalue weighted by molar-refractivity contribution is 5.94. The Kier molecular flexibility index (Phi) is 4.73. The second-order valence-corrected chi connectivity index (χ2v) is 8.10. The minimum atomic E-state index is -0.382. The molecule has 1 spiro atoms. The Bertz CT molecular complexity index is 866. The fraction of sp³-hybridized carbons (Fsp3) is 0.500. The summed E-state index contributed by atoms with van der Waals surface area (Å²) >= 11 is 0. The third kappa shape index (κ3) is 2.74. The van der Waals surface area contributed by atoms with Crippen molar-refractivity contribution in [1.29, 1.82) is 0 Å². The van der Waals surface area contributed by atoms with E-state index in [1.54, 1.807) is 16.9 Å². The Morgan fingerprint density at radius 1 is 1.18 bits per heavy atom. The van der Waals surface area contributed by atoms with Crippen LogP contribution < -0.4 is 0 Å². The van der Waals surface area contributed by atoms with Crippen molar-refractivity contribution in [1.82, 2.24) is 19.6 Å². The lowest BCUT2D eigenvalue weighted by molar-refractivity contribution is -0.184. The Labute approximate surface area is 166 Å². The van der Waals surface area contributed by atoms with Gasteiger partial charge < -0.3 is 9.80 Å². The van der Waals surface area contributed by atoms with Gasteiger partial charge in [0.15, 0.2) is 0 Å². The lowest BCUT2D eigenvalue weighted by atomic mass is 9.61. The van der Waals surface area contributed by atoms with Crippen molar-refractivity contribution in [2.24, 2.45) is 5.41 Å². The molecule has 6 heteroatoms. The summed E-state index contributed by atoms with van der Waals surface area (Å²) < 4.78 is 1.73. The molecule has 0 bridgehead atoms. The largest absolute Gasteiger partial charge is 0.337 e. The number of β-lactam (4-membered cyclic amide) rings is 1. The van der Waals surface area contributed by atoms with Crippen LogP contribution in [-0.2, 0) is 11.3 Å². The first kappa shape index (κ1) is 18.7. The molecule has 6 nitrogen and oxygen atoms in total. The highest BCUT2D eigenvalue weighted by Crippen LogP contribution is 2.56. The van der Waals surface area contributed by atoms with Gasteiger partial charge in [-0.15, -0.1) is 0 Å². The Morgan fingerprint density at radius 2 is 1.86 bits per heavy atom. The Morgan fingerprint density at radius 3 is 2.46 bits per heavy atom. The van der Waals surface area contributed by atoms with E-state index >= 15 is 0 Å². The average molecular weight is 380 g/mol. The highest BCUT2D eigenvalue weighted by atomic mass is 16.2. The number of hydrogen-bond acceptors (Lipinski definition) is 3. The molecule has 0 radical (unpaired) electrons. The van der Waals surface area contributed by atoms with E-state index in [-0.39, 0.29) is 29.3 Å². The second kappa shape index (κ2) is 7.08. The predicted octanol–water partition coefficient (Wildman–Crippen LogP) is 3.12. The summed E-state index contributed by atoms with van der Waals surface area (Å²) in [5, 5.41) is 4.21. The van der Waals surface area contributed by atoms with E-state index in [1.165, 1.54) is 5.56 Å². The zero-order valence-electron chi connectivity index (χ0n) is 16.8. The fourth-order valence-electron chi connectivity index (χ4n) is 4.86. The number of piperidine rings is 1. The molecule has 2 aliphatic heterocycles. The van der Waals surface area contributed by atoms with Crippen molar-refractivity contribution >= 4 is 11.8 Å². The number of rotatable bonds is 4. The van der Waals surface area contributed by atoms with E-state index in [4.69, 9.17) is 0 Å². The number of aromatic nitrogens is 2. The molecule has 148 valence electrons. The van der Waals surface area contributed by atoms with Gasteiger partial charge in [0.05, 0.1) is 11.5 Å². The van der Waals surface area contributed by atoms with E-state index in [0.717, 1.165) is 0 Å². The molecule has 0 saturated carbocycles. The van der Waals surface area contributed by atoms with E-state index in [2.05, 4.69) is 31.1 Å². The zero-order chi connectivity index (χ0) is 19.9. The number of hydrogen-bond donors (Lipinski definition) is 0. The molecule has 2 saturated heterocycles. The molecule has 4 rings (SSSR count).